The van der Waals surface area contributed by atoms with Crippen LogP contribution >= 0.6 is 0 Å². The minimum absolute atomic E-state index is 0.0632. The van der Waals surface area contributed by atoms with Gasteiger partial charge >= 0.3 is 0 Å². The van der Waals surface area contributed by atoms with E-state index in [4.69, 9.17) is 0 Å². The highest BCUT2D eigenvalue weighted by atomic mass is 19.1. The zero-order valence-electron chi connectivity index (χ0n) is 10.5. The van der Waals surface area contributed by atoms with E-state index in [-0.39, 0.29) is 23.7 Å². The zero-order chi connectivity index (χ0) is 12.8. The Bertz CT molecular complexity index is 379. The summed E-state index contributed by atoms with van der Waals surface area (Å²) in [6, 6.07) is 6.01. The molecule has 17 heavy (non-hydrogen) atoms. The lowest BCUT2D eigenvalue weighted by atomic mass is 10.0. The molecule has 1 amide bonds. The number of hydrogen-bond donors (Lipinski definition) is 2. The fraction of sp³-hybridized carbons (Fsp3) is 0.462. The lowest BCUT2D eigenvalue weighted by Gasteiger charge is -2.19. The molecule has 2 N–H and O–H groups in total. The van der Waals surface area contributed by atoms with E-state index in [1.54, 1.807) is 19.2 Å². The summed E-state index contributed by atoms with van der Waals surface area (Å²) < 4.78 is 12.9. The van der Waals surface area contributed by atoms with Crippen molar-refractivity contribution in [3.63, 3.8) is 0 Å². The van der Waals surface area contributed by atoms with E-state index < -0.39 is 0 Å². The number of likely N-dealkylation sites (N-methyl/N-ethyl adjacent to an activating group) is 1. The van der Waals surface area contributed by atoms with Crippen LogP contribution in [0.5, 0.6) is 0 Å². The molecule has 0 radical (unpaired) electrons. The highest BCUT2D eigenvalue weighted by molar-refractivity contribution is 5.81. The highest BCUT2D eigenvalue weighted by Crippen LogP contribution is 2.04. The van der Waals surface area contributed by atoms with Crippen molar-refractivity contribution < 1.29 is 9.18 Å². The number of benzene rings is 1. The fourth-order valence-electron chi connectivity index (χ4n) is 1.71. The normalized spacial score (nSPS) is 12.5. The van der Waals surface area contributed by atoms with E-state index in [9.17, 15) is 9.18 Å². The van der Waals surface area contributed by atoms with Gasteiger partial charge in [0.25, 0.3) is 0 Å². The Balaban J connectivity index is 2.53. The van der Waals surface area contributed by atoms with Crippen molar-refractivity contribution in [1.29, 1.82) is 0 Å². The molecule has 1 rings (SSSR count). The van der Waals surface area contributed by atoms with Crippen molar-refractivity contribution >= 4 is 5.91 Å². The minimum atomic E-state index is -0.286. The minimum Gasteiger partial charge on any atom is -0.351 e. The van der Waals surface area contributed by atoms with Gasteiger partial charge in [-0.15, -0.1) is 0 Å². The molecule has 0 heterocycles. The summed E-state index contributed by atoms with van der Waals surface area (Å²) >= 11 is 0. The number of hydrogen-bond acceptors (Lipinski definition) is 2. The Morgan fingerprint density at radius 2 is 2.12 bits per heavy atom. The van der Waals surface area contributed by atoms with Gasteiger partial charge in [-0.05, 0) is 30.7 Å². The molecular formula is C13H19FN2O. The number of nitrogens with one attached hydrogen (secondary N) is 2. The maximum Gasteiger partial charge on any atom is 0.237 e. The molecule has 1 atom stereocenters. The molecule has 1 aromatic carbocycles. The van der Waals surface area contributed by atoms with Gasteiger partial charge in [-0.25, -0.2) is 4.39 Å². The van der Waals surface area contributed by atoms with Crippen molar-refractivity contribution in [2.75, 3.05) is 7.05 Å². The molecular weight excluding hydrogens is 219 g/mol. The van der Waals surface area contributed by atoms with Crippen LogP contribution < -0.4 is 10.6 Å². The molecule has 0 saturated heterocycles. The first-order chi connectivity index (χ1) is 8.04. The summed E-state index contributed by atoms with van der Waals surface area (Å²) in [5.41, 5.74) is 0.761. The molecule has 3 nitrogen and oxygen atoms in total. The van der Waals surface area contributed by atoms with Gasteiger partial charge in [0.05, 0.1) is 6.04 Å². The third-order valence-corrected chi connectivity index (χ3v) is 2.62. The molecule has 1 unspecified atom stereocenters. The molecule has 1 aromatic rings. The number of halogens is 1. The average molecular weight is 238 g/mol. The van der Waals surface area contributed by atoms with Gasteiger partial charge in [-0.3, -0.25) is 4.79 Å². The second-order valence-electron chi connectivity index (χ2n) is 4.36. The van der Waals surface area contributed by atoms with Crippen molar-refractivity contribution in [3.05, 3.63) is 35.6 Å². The quantitative estimate of drug-likeness (QED) is 0.819. The second-order valence-corrected chi connectivity index (χ2v) is 4.36. The van der Waals surface area contributed by atoms with Crippen LogP contribution in [0, 0.1) is 11.7 Å². The van der Waals surface area contributed by atoms with Gasteiger partial charge in [0, 0.05) is 6.54 Å². The van der Waals surface area contributed by atoms with Gasteiger partial charge in [0.1, 0.15) is 5.82 Å². The Labute approximate surface area is 101 Å². The summed E-state index contributed by atoms with van der Waals surface area (Å²) in [6.45, 7) is 4.30. The van der Waals surface area contributed by atoms with E-state index in [2.05, 4.69) is 10.6 Å². The van der Waals surface area contributed by atoms with Crippen LogP contribution in [0.2, 0.25) is 0 Å². The maximum absolute atomic E-state index is 12.9. The molecule has 4 heteroatoms. The van der Waals surface area contributed by atoms with Gasteiger partial charge in [0.2, 0.25) is 5.91 Å². The topological polar surface area (TPSA) is 41.1 Å². The zero-order valence-corrected chi connectivity index (χ0v) is 10.5. The molecule has 0 aliphatic carbocycles. The number of carbonyl (C=O) groups is 1. The Hall–Kier alpha value is -1.42. The van der Waals surface area contributed by atoms with Crippen molar-refractivity contribution in [3.8, 4) is 0 Å². The third kappa shape index (κ3) is 4.15. The summed E-state index contributed by atoms with van der Waals surface area (Å²) in [5.74, 6) is -0.134. The van der Waals surface area contributed by atoms with Crippen LogP contribution in [0.15, 0.2) is 24.3 Å². The van der Waals surface area contributed by atoms with Crippen molar-refractivity contribution in [2.45, 2.75) is 26.4 Å². The molecule has 0 saturated carbocycles. The lowest BCUT2D eigenvalue weighted by Crippen LogP contribution is -2.45. The van der Waals surface area contributed by atoms with E-state index in [0.717, 1.165) is 5.56 Å². The third-order valence-electron chi connectivity index (χ3n) is 2.62. The average Bonchev–Trinajstić information content (AvgIpc) is 2.27. The van der Waals surface area contributed by atoms with Crippen molar-refractivity contribution in [1.82, 2.24) is 10.6 Å². The SMILES string of the molecule is CNC(C(=O)NCc1cccc(F)c1)C(C)C. The summed E-state index contributed by atoms with van der Waals surface area (Å²) in [7, 11) is 1.76. The van der Waals surface area contributed by atoms with E-state index in [1.807, 2.05) is 13.8 Å². The highest BCUT2D eigenvalue weighted by Gasteiger charge is 2.19. The molecule has 0 spiro atoms. The van der Waals surface area contributed by atoms with Crippen LogP contribution in [0.25, 0.3) is 0 Å². The molecule has 94 valence electrons. The Morgan fingerprint density at radius 3 is 2.65 bits per heavy atom. The standard InChI is InChI=1S/C13H19FN2O/c1-9(2)12(15-3)13(17)16-8-10-5-4-6-11(14)7-10/h4-7,9,12,15H,8H2,1-3H3,(H,16,17). The maximum atomic E-state index is 12.9. The Morgan fingerprint density at radius 1 is 1.41 bits per heavy atom. The first kappa shape index (κ1) is 13.6. The van der Waals surface area contributed by atoms with Crippen LogP contribution in [0.3, 0.4) is 0 Å². The summed E-state index contributed by atoms with van der Waals surface area (Å²) in [6.07, 6.45) is 0. The van der Waals surface area contributed by atoms with Crippen LogP contribution in [-0.2, 0) is 11.3 Å². The van der Waals surface area contributed by atoms with Crippen LogP contribution in [0.4, 0.5) is 4.39 Å². The van der Waals surface area contributed by atoms with Crippen LogP contribution in [0.1, 0.15) is 19.4 Å². The Kier molecular flexibility index (Phi) is 5.10. The second kappa shape index (κ2) is 6.35. The summed E-state index contributed by atoms with van der Waals surface area (Å²) in [4.78, 5) is 11.8. The fourth-order valence-corrected chi connectivity index (χ4v) is 1.71. The first-order valence-corrected chi connectivity index (χ1v) is 5.74. The molecule has 0 bridgehead atoms. The number of carbonyl (C=O) groups excluding carboxylic acids is 1. The number of amides is 1. The molecule has 0 fully saturated rings. The monoisotopic (exact) mass is 238 g/mol. The van der Waals surface area contributed by atoms with Crippen LogP contribution in [-0.4, -0.2) is 19.0 Å². The summed E-state index contributed by atoms with van der Waals surface area (Å²) in [5, 5.41) is 5.75. The van der Waals surface area contributed by atoms with Gasteiger partial charge < -0.3 is 10.6 Å². The van der Waals surface area contributed by atoms with Crippen molar-refractivity contribution in [2.24, 2.45) is 5.92 Å². The van der Waals surface area contributed by atoms with Gasteiger partial charge in [-0.1, -0.05) is 26.0 Å². The number of rotatable bonds is 5. The predicted molar refractivity (Wildman–Crippen MR) is 65.9 cm³/mol. The molecule has 0 aliphatic rings. The predicted octanol–water partition coefficient (Wildman–Crippen LogP) is 1.69. The van der Waals surface area contributed by atoms with Gasteiger partial charge in [0.15, 0.2) is 0 Å². The molecule has 0 aromatic heterocycles. The molecule has 0 aliphatic heterocycles. The van der Waals surface area contributed by atoms with E-state index >= 15 is 0 Å². The van der Waals surface area contributed by atoms with E-state index in [0.29, 0.717) is 6.54 Å². The van der Waals surface area contributed by atoms with E-state index in [1.165, 1.54) is 12.1 Å². The van der Waals surface area contributed by atoms with Gasteiger partial charge in [-0.2, -0.15) is 0 Å². The largest absolute Gasteiger partial charge is 0.351 e. The smallest absolute Gasteiger partial charge is 0.237 e. The first-order valence-electron chi connectivity index (χ1n) is 5.74. The lowest BCUT2D eigenvalue weighted by molar-refractivity contribution is -0.124.